The molecule has 2 aliphatic heterocycles. The molecule has 6 nitrogen and oxygen atoms in total. The number of nitrogens with zero attached hydrogens (tertiary/aromatic N) is 4. The minimum absolute atomic E-state index is 0.735. The summed E-state index contributed by atoms with van der Waals surface area (Å²) in [7, 11) is 0. The van der Waals surface area contributed by atoms with Crippen molar-refractivity contribution >= 4 is 0 Å². The maximum atomic E-state index is 5.58. The summed E-state index contributed by atoms with van der Waals surface area (Å²) >= 11 is 0. The minimum Gasteiger partial charge on any atom is -0.493 e. The molecule has 0 atom stereocenters. The average Bonchev–Trinajstić information content (AvgIpc) is 3.25. The first-order chi connectivity index (χ1) is 11.8. The number of piperazine rings is 1. The van der Waals surface area contributed by atoms with E-state index in [1.807, 2.05) is 6.92 Å². The molecule has 6 heteroatoms. The number of aromatic nitrogens is 2. The molecular weight excluding hydrogens is 304 g/mol. The summed E-state index contributed by atoms with van der Waals surface area (Å²) in [6, 6.07) is 6.62. The number of fused-ring (bicyclic) bond motifs is 1. The molecule has 2 aromatic rings. The van der Waals surface area contributed by atoms with Crippen LogP contribution >= 0.6 is 0 Å². The van der Waals surface area contributed by atoms with Gasteiger partial charge in [0.15, 0.2) is 5.82 Å². The highest BCUT2D eigenvalue weighted by Gasteiger charge is 2.20. The van der Waals surface area contributed by atoms with E-state index in [0.29, 0.717) is 0 Å². The van der Waals surface area contributed by atoms with Gasteiger partial charge in [-0.05, 0) is 17.2 Å². The second-order valence-corrected chi connectivity index (χ2v) is 6.55. The van der Waals surface area contributed by atoms with E-state index in [1.165, 1.54) is 11.1 Å². The van der Waals surface area contributed by atoms with Gasteiger partial charge in [-0.25, -0.2) is 0 Å². The Hall–Kier alpha value is -1.92. The zero-order valence-corrected chi connectivity index (χ0v) is 14.2. The maximum Gasteiger partial charge on any atom is 0.240 e. The molecule has 3 heterocycles. The summed E-state index contributed by atoms with van der Waals surface area (Å²) in [6.45, 7) is 8.87. The Kier molecular flexibility index (Phi) is 4.49. The zero-order valence-electron chi connectivity index (χ0n) is 14.2. The third-order valence-electron chi connectivity index (χ3n) is 4.81. The molecule has 0 unspecified atom stereocenters. The Morgan fingerprint density at radius 2 is 1.88 bits per heavy atom. The van der Waals surface area contributed by atoms with Gasteiger partial charge < -0.3 is 9.26 Å². The van der Waals surface area contributed by atoms with Crippen LogP contribution in [0.4, 0.5) is 0 Å². The molecule has 128 valence electrons. The van der Waals surface area contributed by atoms with Crippen molar-refractivity contribution in [3.8, 4) is 5.75 Å². The monoisotopic (exact) mass is 328 g/mol. The van der Waals surface area contributed by atoms with Crippen molar-refractivity contribution in [2.45, 2.75) is 32.9 Å². The van der Waals surface area contributed by atoms with E-state index in [-0.39, 0.29) is 0 Å². The first-order valence-corrected chi connectivity index (χ1v) is 8.81. The van der Waals surface area contributed by atoms with Crippen molar-refractivity contribution in [2.75, 3.05) is 32.8 Å². The summed E-state index contributed by atoms with van der Waals surface area (Å²) in [5, 5.41) is 3.97. The van der Waals surface area contributed by atoms with Crippen molar-refractivity contribution in [3.63, 3.8) is 0 Å². The van der Waals surface area contributed by atoms with Crippen molar-refractivity contribution < 1.29 is 9.26 Å². The van der Waals surface area contributed by atoms with Crippen LogP contribution in [0.25, 0.3) is 0 Å². The first-order valence-electron chi connectivity index (χ1n) is 8.81. The summed E-state index contributed by atoms with van der Waals surface area (Å²) < 4.78 is 10.9. The van der Waals surface area contributed by atoms with Crippen molar-refractivity contribution in [1.82, 2.24) is 19.9 Å². The molecule has 0 N–H and O–H groups in total. The number of hydrogen-bond donors (Lipinski definition) is 0. The molecule has 0 radical (unpaired) electrons. The second-order valence-electron chi connectivity index (χ2n) is 6.55. The predicted molar refractivity (Wildman–Crippen MR) is 89.9 cm³/mol. The van der Waals surface area contributed by atoms with Gasteiger partial charge in [-0.3, -0.25) is 9.80 Å². The van der Waals surface area contributed by atoms with Crippen LogP contribution in [0.1, 0.15) is 29.8 Å². The highest BCUT2D eigenvalue weighted by molar-refractivity contribution is 5.39. The standard InChI is InChI=1S/C18H24N4O2/c1-2-17-19-18(24-20-17)13-22-8-6-21(7-9-22)12-14-3-4-16-15(11-14)5-10-23-16/h3-4,11H,2,5-10,12-13H2,1H3. The van der Waals surface area contributed by atoms with Crippen LogP contribution in [-0.2, 0) is 25.9 Å². The molecule has 0 amide bonds. The second kappa shape index (κ2) is 6.91. The van der Waals surface area contributed by atoms with Crippen molar-refractivity contribution in [3.05, 3.63) is 41.0 Å². The lowest BCUT2D eigenvalue weighted by molar-refractivity contribution is 0.112. The predicted octanol–water partition coefficient (Wildman–Crippen LogP) is 1.88. The molecule has 0 aliphatic carbocycles. The third kappa shape index (κ3) is 3.44. The van der Waals surface area contributed by atoms with Crippen molar-refractivity contribution in [2.24, 2.45) is 0 Å². The summed E-state index contributed by atoms with van der Waals surface area (Å²) in [5.41, 5.74) is 2.74. The summed E-state index contributed by atoms with van der Waals surface area (Å²) in [6.07, 6.45) is 1.87. The molecule has 0 saturated carbocycles. The highest BCUT2D eigenvalue weighted by Crippen LogP contribution is 2.26. The lowest BCUT2D eigenvalue weighted by Gasteiger charge is -2.34. The van der Waals surface area contributed by atoms with Crippen LogP contribution in [0.15, 0.2) is 22.7 Å². The summed E-state index contributed by atoms with van der Waals surface area (Å²) in [4.78, 5) is 9.30. The Balaban J connectivity index is 1.28. The normalized spacial score (nSPS) is 18.5. The van der Waals surface area contributed by atoms with Crippen molar-refractivity contribution in [1.29, 1.82) is 0 Å². The number of rotatable bonds is 5. The van der Waals surface area contributed by atoms with E-state index in [9.17, 15) is 0 Å². The third-order valence-corrected chi connectivity index (χ3v) is 4.81. The minimum atomic E-state index is 0.735. The molecule has 1 aromatic heterocycles. The lowest BCUT2D eigenvalue weighted by Crippen LogP contribution is -2.45. The Morgan fingerprint density at radius 3 is 2.62 bits per heavy atom. The first kappa shape index (κ1) is 15.6. The van der Waals surface area contributed by atoms with Gasteiger partial charge in [0.25, 0.3) is 0 Å². The van der Waals surface area contributed by atoms with Gasteiger partial charge in [-0.15, -0.1) is 0 Å². The number of aryl methyl sites for hydroxylation is 1. The van der Waals surface area contributed by atoms with Crippen LogP contribution in [0.3, 0.4) is 0 Å². The van der Waals surface area contributed by atoms with Crippen LogP contribution in [-0.4, -0.2) is 52.7 Å². The molecule has 4 rings (SSSR count). The van der Waals surface area contributed by atoms with E-state index in [2.05, 4.69) is 38.1 Å². The molecular formula is C18H24N4O2. The Bertz CT molecular complexity index is 692. The van der Waals surface area contributed by atoms with E-state index in [0.717, 1.165) is 76.2 Å². The van der Waals surface area contributed by atoms with Gasteiger partial charge in [0.1, 0.15) is 5.75 Å². The topological polar surface area (TPSA) is 54.6 Å². The van der Waals surface area contributed by atoms with Crippen LogP contribution < -0.4 is 4.74 Å². The van der Waals surface area contributed by atoms with E-state index < -0.39 is 0 Å². The summed E-state index contributed by atoms with van der Waals surface area (Å²) in [5.74, 6) is 2.60. The van der Waals surface area contributed by atoms with Gasteiger partial charge in [-0.2, -0.15) is 4.98 Å². The number of benzene rings is 1. The molecule has 1 fully saturated rings. The van der Waals surface area contributed by atoms with Crippen LogP contribution in [0, 0.1) is 0 Å². The van der Waals surface area contributed by atoms with E-state index in [1.54, 1.807) is 0 Å². The van der Waals surface area contributed by atoms with E-state index in [4.69, 9.17) is 9.26 Å². The van der Waals surface area contributed by atoms with Crippen LogP contribution in [0.2, 0.25) is 0 Å². The lowest BCUT2D eigenvalue weighted by atomic mass is 10.1. The Labute approximate surface area is 142 Å². The fourth-order valence-electron chi connectivity index (χ4n) is 3.39. The SMILES string of the molecule is CCc1noc(CN2CCN(Cc3ccc4c(c3)CCO4)CC2)n1. The molecule has 1 aromatic carbocycles. The van der Waals surface area contributed by atoms with E-state index >= 15 is 0 Å². The molecule has 0 bridgehead atoms. The fourth-order valence-corrected chi connectivity index (χ4v) is 3.39. The highest BCUT2D eigenvalue weighted by atomic mass is 16.5. The molecule has 2 aliphatic rings. The number of ether oxygens (including phenoxy) is 1. The van der Waals surface area contributed by atoms with Gasteiger partial charge in [0, 0.05) is 45.6 Å². The van der Waals surface area contributed by atoms with Gasteiger partial charge >= 0.3 is 0 Å². The van der Waals surface area contributed by atoms with Gasteiger partial charge in [0.2, 0.25) is 5.89 Å². The molecule has 1 saturated heterocycles. The maximum absolute atomic E-state index is 5.58. The quantitative estimate of drug-likeness (QED) is 0.835. The molecule has 24 heavy (non-hydrogen) atoms. The number of hydrogen-bond acceptors (Lipinski definition) is 6. The molecule has 0 spiro atoms. The average molecular weight is 328 g/mol. The smallest absolute Gasteiger partial charge is 0.240 e. The largest absolute Gasteiger partial charge is 0.493 e. The van der Waals surface area contributed by atoms with Gasteiger partial charge in [-0.1, -0.05) is 24.2 Å². The van der Waals surface area contributed by atoms with Gasteiger partial charge in [0.05, 0.1) is 13.2 Å². The Morgan fingerprint density at radius 1 is 1.08 bits per heavy atom. The zero-order chi connectivity index (χ0) is 16.4. The fraction of sp³-hybridized carbons (Fsp3) is 0.556. The van der Waals surface area contributed by atoms with Crippen LogP contribution in [0.5, 0.6) is 5.75 Å².